The second-order valence-electron chi connectivity index (χ2n) is 4.13. The molecule has 1 aliphatic rings. The highest BCUT2D eigenvalue weighted by molar-refractivity contribution is 14.0. The van der Waals surface area contributed by atoms with Crippen molar-refractivity contribution in [3.8, 4) is 0 Å². The summed E-state index contributed by atoms with van der Waals surface area (Å²) < 4.78 is 5.12. The Balaban J connectivity index is 0.00000200. The summed E-state index contributed by atoms with van der Waals surface area (Å²) in [5, 5.41) is 2.73. The van der Waals surface area contributed by atoms with Gasteiger partial charge in [0.2, 0.25) is 5.91 Å². The zero-order chi connectivity index (χ0) is 13.5. The highest BCUT2D eigenvalue weighted by atomic mass is 127. The summed E-state index contributed by atoms with van der Waals surface area (Å²) in [6, 6.07) is 3.59. The molecule has 3 N–H and O–H groups in total. The van der Waals surface area contributed by atoms with Crippen LogP contribution in [0.3, 0.4) is 0 Å². The minimum absolute atomic E-state index is 0. The minimum Gasteiger partial charge on any atom is -0.467 e. The average molecular weight is 410 g/mol. The standard InChI is InChI=1S/C12H18N4O2S.HI/c13-12(16-3-6-19-7-4-16)15-9-11(17)14-8-10-2-1-5-18-10;/h1-2,5H,3-4,6-9H2,(H2,13,15)(H,14,17);1H. The van der Waals surface area contributed by atoms with Crippen molar-refractivity contribution in [1.29, 1.82) is 0 Å². The van der Waals surface area contributed by atoms with Crippen LogP contribution in [0.1, 0.15) is 5.76 Å². The molecule has 0 saturated carbocycles. The first kappa shape index (κ1) is 17.2. The molecule has 0 radical (unpaired) electrons. The number of carbonyl (C=O) groups is 1. The van der Waals surface area contributed by atoms with Crippen LogP contribution in [0.2, 0.25) is 0 Å². The van der Waals surface area contributed by atoms with Crippen LogP contribution in [0.15, 0.2) is 27.8 Å². The molecular formula is C12H19IN4O2S. The van der Waals surface area contributed by atoms with E-state index in [9.17, 15) is 4.79 Å². The quantitative estimate of drug-likeness (QED) is 0.438. The van der Waals surface area contributed by atoms with Gasteiger partial charge in [0.25, 0.3) is 0 Å². The number of rotatable bonds is 4. The molecule has 112 valence electrons. The number of nitrogens with one attached hydrogen (secondary N) is 1. The molecule has 1 aliphatic heterocycles. The van der Waals surface area contributed by atoms with Crippen LogP contribution in [0.25, 0.3) is 0 Å². The van der Waals surface area contributed by atoms with E-state index >= 15 is 0 Å². The minimum atomic E-state index is -0.161. The number of hydrogen-bond acceptors (Lipinski definition) is 4. The van der Waals surface area contributed by atoms with Crippen LogP contribution in [0.4, 0.5) is 0 Å². The second kappa shape index (κ2) is 9.11. The van der Waals surface area contributed by atoms with E-state index in [-0.39, 0.29) is 36.4 Å². The van der Waals surface area contributed by atoms with Gasteiger partial charge in [0.1, 0.15) is 12.3 Å². The topological polar surface area (TPSA) is 83.9 Å². The third-order valence-electron chi connectivity index (χ3n) is 2.76. The first-order valence-electron chi connectivity index (χ1n) is 6.17. The highest BCUT2D eigenvalue weighted by Crippen LogP contribution is 2.08. The van der Waals surface area contributed by atoms with E-state index in [2.05, 4.69) is 10.3 Å². The molecule has 2 rings (SSSR count). The number of furan rings is 1. The van der Waals surface area contributed by atoms with Crippen molar-refractivity contribution < 1.29 is 9.21 Å². The molecule has 0 bridgehead atoms. The number of guanidine groups is 1. The Kier molecular flexibility index (Phi) is 7.82. The average Bonchev–Trinajstić information content (AvgIpc) is 2.96. The number of nitrogens with zero attached hydrogens (tertiary/aromatic N) is 2. The first-order valence-corrected chi connectivity index (χ1v) is 7.33. The molecule has 0 atom stereocenters. The van der Waals surface area contributed by atoms with Gasteiger partial charge in [0.05, 0.1) is 12.8 Å². The lowest BCUT2D eigenvalue weighted by atomic mass is 10.4. The molecule has 0 aromatic carbocycles. The maximum atomic E-state index is 11.6. The summed E-state index contributed by atoms with van der Waals surface area (Å²) in [5.74, 6) is 3.12. The lowest BCUT2D eigenvalue weighted by Crippen LogP contribution is -2.43. The van der Waals surface area contributed by atoms with Crippen molar-refractivity contribution in [3.05, 3.63) is 24.2 Å². The summed E-state index contributed by atoms with van der Waals surface area (Å²) >= 11 is 1.91. The molecule has 1 aromatic rings. The molecule has 8 heteroatoms. The Morgan fingerprint density at radius 2 is 2.25 bits per heavy atom. The van der Waals surface area contributed by atoms with E-state index in [1.165, 1.54) is 0 Å². The maximum absolute atomic E-state index is 11.6. The summed E-state index contributed by atoms with van der Waals surface area (Å²) in [6.07, 6.45) is 1.58. The summed E-state index contributed by atoms with van der Waals surface area (Å²) in [4.78, 5) is 17.7. The van der Waals surface area contributed by atoms with Gasteiger partial charge in [-0.15, -0.1) is 24.0 Å². The lowest BCUT2D eigenvalue weighted by Gasteiger charge is -2.27. The van der Waals surface area contributed by atoms with Crippen molar-refractivity contribution in [3.63, 3.8) is 0 Å². The zero-order valence-electron chi connectivity index (χ0n) is 11.1. The van der Waals surface area contributed by atoms with Crippen LogP contribution in [-0.4, -0.2) is 47.9 Å². The molecule has 6 nitrogen and oxygen atoms in total. The van der Waals surface area contributed by atoms with E-state index in [1.54, 1.807) is 12.3 Å². The van der Waals surface area contributed by atoms with E-state index in [0.717, 1.165) is 30.4 Å². The second-order valence-corrected chi connectivity index (χ2v) is 5.35. The smallest absolute Gasteiger partial charge is 0.242 e. The van der Waals surface area contributed by atoms with Gasteiger partial charge in [-0.1, -0.05) is 0 Å². The zero-order valence-corrected chi connectivity index (χ0v) is 14.2. The first-order chi connectivity index (χ1) is 9.25. The SMILES string of the molecule is I.NC(=NCC(=O)NCc1ccco1)N1CCSCC1. The largest absolute Gasteiger partial charge is 0.467 e. The highest BCUT2D eigenvalue weighted by Gasteiger charge is 2.12. The normalized spacial score (nSPS) is 15.6. The van der Waals surface area contributed by atoms with Crippen molar-refractivity contribution in [2.75, 3.05) is 31.1 Å². The molecule has 1 amide bonds. The monoisotopic (exact) mass is 410 g/mol. The summed E-state index contributed by atoms with van der Waals surface area (Å²) in [7, 11) is 0. The number of amides is 1. The Morgan fingerprint density at radius 1 is 1.50 bits per heavy atom. The van der Waals surface area contributed by atoms with E-state index in [0.29, 0.717) is 12.5 Å². The van der Waals surface area contributed by atoms with Gasteiger partial charge >= 0.3 is 0 Å². The van der Waals surface area contributed by atoms with Crippen LogP contribution in [-0.2, 0) is 11.3 Å². The summed E-state index contributed by atoms with van der Waals surface area (Å²) in [6.45, 7) is 2.22. The van der Waals surface area contributed by atoms with Crippen LogP contribution < -0.4 is 11.1 Å². The number of aliphatic imine (C=N–C) groups is 1. The molecule has 0 spiro atoms. The third kappa shape index (κ3) is 5.61. The molecular weight excluding hydrogens is 391 g/mol. The van der Waals surface area contributed by atoms with Gasteiger partial charge in [-0.2, -0.15) is 11.8 Å². The number of hydrogen-bond donors (Lipinski definition) is 2. The molecule has 1 saturated heterocycles. The van der Waals surface area contributed by atoms with E-state index in [4.69, 9.17) is 10.2 Å². The Labute approximate surface area is 139 Å². The van der Waals surface area contributed by atoms with Gasteiger partial charge in [0.15, 0.2) is 5.96 Å². The van der Waals surface area contributed by atoms with Gasteiger partial charge in [-0.25, -0.2) is 4.99 Å². The van der Waals surface area contributed by atoms with Crippen molar-refractivity contribution in [1.82, 2.24) is 10.2 Å². The third-order valence-corrected chi connectivity index (χ3v) is 3.70. The number of nitrogens with two attached hydrogens (primary N) is 1. The number of thioether (sulfide) groups is 1. The van der Waals surface area contributed by atoms with Crippen LogP contribution in [0.5, 0.6) is 0 Å². The molecule has 20 heavy (non-hydrogen) atoms. The number of halogens is 1. The number of carbonyl (C=O) groups excluding carboxylic acids is 1. The molecule has 1 fully saturated rings. The molecule has 0 unspecified atom stereocenters. The van der Waals surface area contributed by atoms with Crippen molar-refractivity contribution in [2.24, 2.45) is 10.7 Å². The Morgan fingerprint density at radius 3 is 2.90 bits per heavy atom. The van der Waals surface area contributed by atoms with Crippen LogP contribution >= 0.6 is 35.7 Å². The van der Waals surface area contributed by atoms with Gasteiger partial charge in [-0.3, -0.25) is 4.79 Å². The lowest BCUT2D eigenvalue weighted by molar-refractivity contribution is -0.119. The Bertz CT molecular complexity index is 433. The van der Waals surface area contributed by atoms with Crippen molar-refractivity contribution >= 4 is 47.6 Å². The Hall–Kier alpha value is -0.900. The summed E-state index contributed by atoms with van der Waals surface area (Å²) in [5.41, 5.74) is 5.86. The predicted octanol–water partition coefficient (Wildman–Crippen LogP) is 0.877. The van der Waals surface area contributed by atoms with Gasteiger partial charge in [0, 0.05) is 24.6 Å². The fourth-order valence-electron chi connectivity index (χ4n) is 1.70. The fourth-order valence-corrected chi connectivity index (χ4v) is 2.60. The molecule has 0 aliphatic carbocycles. The predicted molar refractivity (Wildman–Crippen MR) is 91.4 cm³/mol. The molecule has 1 aromatic heterocycles. The van der Waals surface area contributed by atoms with Crippen molar-refractivity contribution in [2.45, 2.75) is 6.54 Å². The maximum Gasteiger partial charge on any atom is 0.242 e. The van der Waals surface area contributed by atoms with E-state index in [1.807, 2.05) is 22.7 Å². The molecule has 2 heterocycles. The van der Waals surface area contributed by atoms with Crippen LogP contribution in [0, 0.1) is 0 Å². The van der Waals surface area contributed by atoms with Gasteiger partial charge < -0.3 is 20.4 Å². The van der Waals surface area contributed by atoms with Gasteiger partial charge in [-0.05, 0) is 12.1 Å². The fraction of sp³-hybridized carbons (Fsp3) is 0.500. The van der Waals surface area contributed by atoms with E-state index < -0.39 is 0 Å².